The quantitative estimate of drug-likeness (QED) is 0.434. The van der Waals surface area contributed by atoms with Crippen molar-refractivity contribution in [2.45, 2.75) is 25.4 Å². The van der Waals surface area contributed by atoms with Gasteiger partial charge < -0.3 is 15.5 Å². The monoisotopic (exact) mass is 359 g/mol. The van der Waals surface area contributed by atoms with E-state index in [2.05, 4.69) is 10.3 Å². The summed E-state index contributed by atoms with van der Waals surface area (Å²) in [5.74, 6) is -2.32. The number of nitrogens with zero attached hydrogens (tertiary/aromatic N) is 2. The van der Waals surface area contributed by atoms with Crippen LogP contribution in [0.15, 0.2) is 28.9 Å². The Bertz CT molecular complexity index is 787. The van der Waals surface area contributed by atoms with Crippen molar-refractivity contribution >= 4 is 17.4 Å². The molecule has 0 aromatic heterocycles. The summed E-state index contributed by atoms with van der Waals surface area (Å²) in [6.07, 6.45) is -4.67. The average Bonchev–Trinajstić information content (AvgIpc) is 2.50. The highest BCUT2D eigenvalue weighted by Gasteiger charge is 2.34. The lowest BCUT2D eigenvalue weighted by Gasteiger charge is -2.16. The highest BCUT2D eigenvalue weighted by Crippen LogP contribution is 2.36. The zero-order valence-electron chi connectivity index (χ0n) is 12.5. The van der Waals surface area contributed by atoms with Gasteiger partial charge in [0.15, 0.2) is 5.75 Å². The van der Waals surface area contributed by atoms with E-state index in [0.29, 0.717) is 6.20 Å². The number of carbonyl (C=O) groups excluding carboxylic acids is 1. The summed E-state index contributed by atoms with van der Waals surface area (Å²) < 4.78 is 37.4. The summed E-state index contributed by atoms with van der Waals surface area (Å²) in [5, 5.41) is 31.9. The number of halogens is 3. The van der Waals surface area contributed by atoms with Crippen molar-refractivity contribution in [1.29, 1.82) is 0 Å². The van der Waals surface area contributed by atoms with Gasteiger partial charge in [-0.3, -0.25) is 14.9 Å². The molecular formula is C14H12F3N3O5. The Labute approximate surface area is 138 Å². The molecule has 0 atom stereocenters. The van der Waals surface area contributed by atoms with Crippen LogP contribution in [-0.4, -0.2) is 33.1 Å². The number of phenols is 2. The van der Waals surface area contributed by atoms with Crippen LogP contribution < -0.4 is 5.32 Å². The minimum absolute atomic E-state index is 0.0375. The first-order valence-corrected chi connectivity index (χ1v) is 6.90. The summed E-state index contributed by atoms with van der Waals surface area (Å²) in [4.78, 5) is 25.3. The van der Waals surface area contributed by atoms with Crippen molar-refractivity contribution in [2.24, 2.45) is 4.99 Å². The smallest absolute Gasteiger partial charge is 0.414 e. The van der Waals surface area contributed by atoms with Gasteiger partial charge in [0.25, 0.3) is 0 Å². The van der Waals surface area contributed by atoms with Crippen molar-refractivity contribution in [3.63, 3.8) is 0 Å². The molecule has 0 spiro atoms. The van der Waals surface area contributed by atoms with Crippen LogP contribution in [-0.2, 0) is 11.2 Å². The first kappa shape index (κ1) is 18.2. The molecule has 1 aliphatic heterocycles. The normalized spacial score (nSPS) is 14.5. The van der Waals surface area contributed by atoms with Crippen LogP contribution >= 0.6 is 0 Å². The number of hydrogen-bond acceptors (Lipinski definition) is 6. The van der Waals surface area contributed by atoms with Gasteiger partial charge in [0, 0.05) is 18.7 Å². The number of nitrogens with one attached hydrogen (secondary N) is 1. The number of hydrogen-bond donors (Lipinski definition) is 3. The zero-order chi connectivity index (χ0) is 18.8. The Morgan fingerprint density at radius 2 is 2.00 bits per heavy atom. The lowest BCUT2D eigenvalue weighted by Crippen LogP contribution is -2.33. The number of aromatic hydroxyl groups is 2. The van der Waals surface area contributed by atoms with E-state index in [4.69, 9.17) is 0 Å². The van der Waals surface area contributed by atoms with Crippen LogP contribution in [0.2, 0.25) is 0 Å². The Hall–Kier alpha value is -3.11. The molecule has 11 heteroatoms. The Morgan fingerprint density at radius 3 is 2.52 bits per heavy atom. The number of carbonyl (C=O) groups is 1. The van der Waals surface area contributed by atoms with E-state index in [-0.39, 0.29) is 24.2 Å². The second kappa shape index (κ2) is 6.79. The SMILES string of the molecule is O=C(Cc1cc(O)c(O)c([N+](=O)[O-])c1)NC1=NC=C(C(F)(F)F)CC1. The third-order valence-corrected chi connectivity index (χ3v) is 3.35. The van der Waals surface area contributed by atoms with Gasteiger partial charge in [0.05, 0.1) is 16.9 Å². The van der Waals surface area contributed by atoms with Gasteiger partial charge in [-0.05, 0) is 18.1 Å². The summed E-state index contributed by atoms with van der Waals surface area (Å²) in [6, 6.07) is 1.89. The molecule has 2 rings (SSSR count). The molecule has 1 amide bonds. The molecule has 25 heavy (non-hydrogen) atoms. The maximum atomic E-state index is 12.5. The fourth-order valence-electron chi connectivity index (χ4n) is 2.14. The van der Waals surface area contributed by atoms with Gasteiger partial charge in [-0.25, -0.2) is 4.99 Å². The fraction of sp³-hybridized carbons (Fsp3) is 0.286. The van der Waals surface area contributed by atoms with Crippen molar-refractivity contribution in [3.05, 3.63) is 39.6 Å². The molecule has 0 saturated heterocycles. The van der Waals surface area contributed by atoms with Crippen LogP contribution in [0.1, 0.15) is 18.4 Å². The molecule has 134 valence electrons. The third-order valence-electron chi connectivity index (χ3n) is 3.35. The summed E-state index contributed by atoms with van der Waals surface area (Å²) in [6.45, 7) is 0. The minimum Gasteiger partial charge on any atom is -0.504 e. The van der Waals surface area contributed by atoms with Crippen LogP contribution in [0.25, 0.3) is 0 Å². The molecule has 1 heterocycles. The number of nitro groups is 1. The van der Waals surface area contributed by atoms with Gasteiger partial charge in [0.1, 0.15) is 5.84 Å². The summed E-state index contributed by atoms with van der Waals surface area (Å²) >= 11 is 0. The lowest BCUT2D eigenvalue weighted by atomic mass is 10.1. The molecule has 0 radical (unpaired) electrons. The van der Waals surface area contributed by atoms with Crippen molar-refractivity contribution in [3.8, 4) is 11.5 Å². The van der Waals surface area contributed by atoms with Gasteiger partial charge in [-0.2, -0.15) is 13.2 Å². The minimum atomic E-state index is -4.47. The number of amides is 1. The molecule has 3 N–H and O–H groups in total. The number of benzene rings is 1. The van der Waals surface area contributed by atoms with E-state index < -0.39 is 46.2 Å². The van der Waals surface area contributed by atoms with Crippen LogP contribution in [0.3, 0.4) is 0 Å². The lowest BCUT2D eigenvalue weighted by molar-refractivity contribution is -0.386. The van der Waals surface area contributed by atoms with Crippen LogP contribution in [0.5, 0.6) is 11.5 Å². The number of nitro benzene ring substituents is 1. The number of allylic oxidation sites excluding steroid dienone is 1. The Kier molecular flexibility index (Phi) is 4.95. The van der Waals surface area contributed by atoms with E-state index in [1.807, 2.05) is 0 Å². The molecule has 1 aromatic carbocycles. The number of phenolic OH excluding ortho intramolecular Hbond substituents is 2. The molecule has 0 aliphatic carbocycles. The maximum Gasteiger partial charge on any atom is 0.414 e. The number of rotatable bonds is 3. The molecule has 0 bridgehead atoms. The number of aliphatic imine (C=N–C) groups is 1. The fourth-order valence-corrected chi connectivity index (χ4v) is 2.14. The largest absolute Gasteiger partial charge is 0.504 e. The Morgan fingerprint density at radius 1 is 1.32 bits per heavy atom. The number of alkyl halides is 3. The molecule has 8 nitrogen and oxygen atoms in total. The van der Waals surface area contributed by atoms with E-state index >= 15 is 0 Å². The molecule has 1 aliphatic rings. The van der Waals surface area contributed by atoms with Gasteiger partial charge >= 0.3 is 11.9 Å². The topological polar surface area (TPSA) is 125 Å². The van der Waals surface area contributed by atoms with Crippen LogP contribution in [0.4, 0.5) is 18.9 Å². The van der Waals surface area contributed by atoms with Gasteiger partial charge in [0.2, 0.25) is 11.7 Å². The van der Waals surface area contributed by atoms with E-state index in [9.17, 15) is 38.3 Å². The first-order valence-electron chi connectivity index (χ1n) is 6.90. The van der Waals surface area contributed by atoms with Crippen molar-refractivity contribution in [1.82, 2.24) is 5.32 Å². The third kappa shape index (κ3) is 4.46. The van der Waals surface area contributed by atoms with Crippen LogP contribution in [0, 0.1) is 10.1 Å². The van der Waals surface area contributed by atoms with Crippen molar-refractivity contribution in [2.75, 3.05) is 0 Å². The van der Waals surface area contributed by atoms with Crippen molar-refractivity contribution < 1.29 is 33.1 Å². The van der Waals surface area contributed by atoms with E-state index in [0.717, 1.165) is 12.1 Å². The average molecular weight is 359 g/mol. The number of amidine groups is 1. The summed E-state index contributed by atoms with van der Waals surface area (Å²) in [5.41, 5.74) is -1.53. The Balaban J connectivity index is 2.08. The highest BCUT2D eigenvalue weighted by molar-refractivity contribution is 5.99. The zero-order valence-corrected chi connectivity index (χ0v) is 12.5. The molecular weight excluding hydrogens is 347 g/mol. The second-order valence-electron chi connectivity index (χ2n) is 5.19. The second-order valence-corrected chi connectivity index (χ2v) is 5.19. The predicted molar refractivity (Wildman–Crippen MR) is 79.1 cm³/mol. The van der Waals surface area contributed by atoms with E-state index in [1.54, 1.807) is 0 Å². The highest BCUT2D eigenvalue weighted by atomic mass is 19.4. The van der Waals surface area contributed by atoms with Gasteiger partial charge in [-0.15, -0.1) is 0 Å². The first-order chi connectivity index (χ1) is 11.6. The molecule has 1 aromatic rings. The maximum absolute atomic E-state index is 12.5. The molecule has 0 saturated carbocycles. The molecule has 0 fully saturated rings. The standard InChI is InChI=1S/C14H12F3N3O5/c15-14(16,17)8-1-2-11(18-6-8)19-12(22)5-7-3-9(20(24)25)13(23)10(21)4-7/h3-4,6,21,23H,1-2,5H2,(H,18,19,22). The summed E-state index contributed by atoms with van der Waals surface area (Å²) in [7, 11) is 0. The van der Waals surface area contributed by atoms with E-state index in [1.165, 1.54) is 0 Å². The van der Waals surface area contributed by atoms with Gasteiger partial charge in [-0.1, -0.05) is 0 Å². The predicted octanol–water partition coefficient (Wildman–Crippen LogP) is 2.30. The molecule has 0 unspecified atom stereocenters.